The summed E-state index contributed by atoms with van der Waals surface area (Å²) in [4.78, 5) is 27.7. The predicted molar refractivity (Wildman–Crippen MR) is 66.8 cm³/mol. The lowest BCUT2D eigenvalue weighted by atomic mass is 10.00. The number of carboxylic acid groups (broad SMARTS) is 1. The van der Waals surface area contributed by atoms with E-state index in [0.717, 1.165) is 6.07 Å². The van der Waals surface area contributed by atoms with Crippen LogP contribution in [-0.2, 0) is 15.8 Å². The van der Waals surface area contributed by atoms with Gasteiger partial charge in [-0.25, -0.2) is 4.98 Å². The second-order valence-electron chi connectivity index (χ2n) is 4.76. The Bertz CT molecular complexity index is 560. The van der Waals surface area contributed by atoms with E-state index in [1.807, 2.05) is 0 Å². The number of aromatic nitrogens is 1. The lowest BCUT2D eigenvalue weighted by molar-refractivity contribution is -0.146. The van der Waals surface area contributed by atoms with E-state index < -0.39 is 29.4 Å². The highest BCUT2D eigenvalue weighted by Gasteiger charge is 2.37. The topological polar surface area (TPSA) is 70.5 Å². The Hall–Kier alpha value is -2.12. The van der Waals surface area contributed by atoms with Crippen LogP contribution in [0.4, 0.5) is 19.0 Å². The smallest absolute Gasteiger partial charge is 0.419 e. The second-order valence-corrected chi connectivity index (χ2v) is 4.76. The molecule has 1 aromatic heterocycles. The third-order valence-electron chi connectivity index (χ3n) is 3.39. The highest BCUT2D eigenvalue weighted by atomic mass is 19.4. The fraction of sp³-hybridized carbons (Fsp3) is 0.462. The second kappa shape index (κ2) is 5.71. The maximum Gasteiger partial charge on any atom is 0.419 e. The number of carboxylic acids is 1. The van der Waals surface area contributed by atoms with E-state index in [0.29, 0.717) is 0 Å². The Balaban J connectivity index is 2.28. The van der Waals surface area contributed by atoms with Crippen LogP contribution < -0.4 is 4.90 Å². The van der Waals surface area contributed by atoms with Crippen molar-refractivity contribution < 1.29 is 27.9 Å². The van der Waals surface area contributed by atoms with Gasteiger partial charge >= 0.3 is 12.1 Å². The van der Waals surface area contributed by atoms with Crippen molar-refractivity contribution in [2.45, 2.75) is 19.0 Å². The van der Waals surface area contributed by atoms with E-state index in [9.17, 15) is 22.8 Å². The van der Waals surface area contributed by atoms with Crippen LogP contribution in [0.3, 0.4) is 0 Å². The first kappa shape index (κ1) is 15.3. The van der Waals surface area contributed by atoms with Gasteiger partial charge in [-0.1, -0.05) is 0 Å². The summed E-state index contributed by atoms with van der Waals surface area (Å²) in [6, 6.07) is 2.11. The van der Waals surface area contributed by atoms with E-state index in [1.54, 1.807) is 0 Å². The van der Waals surface area contributed by atoms with Crippen molar-refractivity contribution in [1.29, 1.82) is 0 Å². The SMILES string of the molecule is O=C(O)C1CCN(c2ncccc2C(F)(F)F)CCC1=O. The van der Waals surface area contributed by atoms with E-state index in [-0.39, 0.29) is 31.7 Å². The number of hydrogen-bond acceptors (Lipinski definition) is 4. The predicted octanol–water partition coefficient (Wildman–Crippen LogP) is 1.97. The molecule has 1 atom stereocenters. The average molecular weight is 302 g/mol. The maximum absolute atomic E-state index is 13.0. The molecule has 0 aromatic carbocycles. The van der Waals surface area contributed by atoms with Crippen LogP contribution >= 0.6 is 0 Å². The third-order valence-corrected chi connectivity index (χ3v) is 3.39. The molecule has 114 valence electrons. The van der Waals surface area contributed by atoms with Crippen LogP contribution in [0.25, 0.3) is 0 Å². The van der Waals surface area contributed by atoms with Gasteiger partial charge < -0.3 is 10.0 Å². The fourth-order valence-corrected chi connectivity index (χ4v) is 2.32. The van der Waals surface area contributed by atoms with Crippen molar-refractivity contribution in [3.8, 4) is 0 Å². The highest BCUT2D eigenvalue weighted by molar-refractivity contribution is 5.98. The molecule has 0 radical (unpaired) electrons. The number of nitrogens with zero attached hydrogens (tertiary/aromatic N) is 2. The normalized spacial score (nSPS) is 20.2. The Morgan fingerprint density at radius 3 is 2.71 bits per heavy atom. The van der Waals surface area contributed by atoms with Crippen molar-refractivity contribution >= 4 is 17.6 Å². The standard InChI is InChI=1S/C13H13F3N2O3/c14-13(15,16)9-2-1-5-17-11(9)18-6-3-8(12(20)21)10(19)4-7-18/h1-2,5,8H,3-4,6-7H2,(H,20,21). The van der Waals surface area contributed by atoms with E-state index >= 15 is 0 Å². The van der Waals surface area contributed by atoms with Crippen LogP contribution in [0.1, 0.15) is 18.4 Å². The van der Waals surface area contributed by atoms with Crippen LogP contribution in [0.5, 0.6) is 0 Å². The molecule has 0 spiro atoms. The lowest BCUT2D eigenvalue weighted by Gasteiger charge is -2.24. The molecule has 5 nitrogen and oxygen atoms in total. The van der Waals surface area contributed by atoms with Gasteiger partial charge in [-0.05, 0) is 18.6 Å². The van der Waals surface area contributed by atoms with Crippen molar-refractivity contribution in [3.05, 3.63) is 23.9 Å². The third kappa shape index (κ3) is 3.32. The molecule has 1 unspecified atom stereocenters. The summed E-state index contributed by atoms with van der Waals surface area (Å²) < 4.78 is 38.9. The minimum absolute atomic E-state index is 0.0258. The molecular formula is C13H13F3N2O3. The van der Waals surface area contributed by atoms with E-state index in [1.165, 1.54) is 17.2 Å². The summed E-state index contributed by atoms with van der Waals surface area (Å²) in [6.07, 6.45) is -3.44. The van der Waals surface area contributed by atoms with Gasteiger partial charge in [0, 0.05) is 25.7 Å². The molecular weight excluding hydrogens is 289 g/mol. The van der Waals surface area contributed by atoms with Gasteiger partial charge in [-0.15, -0.1) is 0 Å². The molecule has 0 amide bonds. The molecule has 1 fully saturated rings. The number of alkyl halides is 3. The Morgan fingerprint density at radius 1 is 1.38 bits per heavy atom. The minimum atomic E-state index is -4.55. The number of hydrogen-bond donors (Lipinski definition) is 1. The van der Waals surface area contributed by atoms with E-state index in [2.05, 4.69) is 4.98 Å². The van der Waals surface area contributed by atoms with Crippen LogP contribution in [-0.4, -0.2) is 34.9 Å². The van der Waals surface area contributed by atoms with Crippen LogP contribution in [0.15, 0.2) is 18.3 Å². The van der Waals surface area contributed by atoms with Gasteiger partial charge in [0.15, 0.2) is 0 Å². The number of carbonyl (C=O) groups is 2. The summed E-state index contributed by atoms with van der Waals surface area (Å²) in [5, 5.41) is 8.94. The Kier molecular flexibility index (Phi) is 4.15. The molecule has 1 N–H and O–H groups in total. The molecule has 1 aliphatic rings. The minimum Gasteiger partial charge on any atom is -0.481 e. The molecule has 21 heavy (non-hydrogen) atoms. The number of rotatable bonds is 2. The lowest BCUT2D eigenvalue weighted by Crippen LogP contribution is -2.28. The monoisotopic (exact) mass is 302 g/mol. The van der Waals surface area contributed by atoms with Crippen molar-refractivity contribution in [2.75, 3.05) is 18.0 Å². The summed E-state index contributed by atoms with van der Waals surface area (Å²) in [6.45, 7) is 0.0749. The van der Waals surface area contributed by atoms with Gasteiger partial charge in [-0.2, -0.15) is 13.2 Å². The molecule has 0 saturated carbocycles. The van der Waals surface area contributed by atoms with Gasteiger partial charge in [0.1, 0.15) is 17.5 Å². The highest BCUT2D eigenvalue weighted by Crippen LogP contribution is 2.35. The molecule has 1 saturated heterocycles. The molecule has 8 heteroatoms. The number of Topliss-reactive ketones (excluding diaryl/α,β-unsaturated/α-hetero) is 1. The number of pyridine rings is 1. The molecule has 2 rings (SSSR count). The van der Waals surface area contributed by atoms with E-state index in [4.69, 9.17) is 5.11 Å². The molecule has 2 heterocycles. The van der Waals surface area contributed by atoms with Crippen LogP contribution in [0, 0.1) is 5.92 Å². The van der Waals surface area contributed by atoms with Gasteiger partial charge in [0.2, 0.25) is 0 Å². The first-order valence-corrected chi connectivity index (χ1v) is 6.33. The summed E-state index contributed by atoms with van der Waals surface area (Å²) >= 11 is 0. The zero-order chi connectivity index (χ0) is 15.6. The molecule has 0 aliphatic carbocycles. The van der Waals surface area contributed by atoms with Crippen molar-refractivity contribution in [1.82, 2.24) is 4.98 Å². The summed E-state index contributed by atoms with van der Waals surface area (Å²) in [5.74, 6) is -3.12. The zero-order valence-corrected chi connectivity index (χ0v) is 10.9. The molecule has 1 aliphatic heterocycles. The molecule has 0 bridgehead atoms. The van der Waals surface area contributed by atoms with Gasteiger partial charge in [0.25, 0.3) is 0 Å². The first-order chi connectivity index (χ1) is 9.80. The van der Waals surface area contributed by atoms with Crippen molar-refractivity contribution in [3.63, 3.8) is 0 Å². The Morgan fingerprint density at radius 2 is 2.10 bits per heavy atom. The van der Waals surface area contributed by atoms with Crippen LogP contribution in [0.2, 0.25) is 0 Å². The Labute approximate surface area is 118 Å². The van der Waals surface area contributed by atoms with Crippen molar-refractivity contribution in [2.24, 2.45) is 5.92 Å². The number of ketones is 1. The summed E-state index contributed by atoms with van der Waals surface area (Å²) in [7, 11) is 0. The number of anilines is 1. The van der Waals surface area contributed by atoms with Gasteiger partial charge in [-0.3, -0.25) is 9.59 Å². The zero-order valence-electron chi connectivity index (χ0n) is 10.9. The number of carbonyl (C=O) groups excluding carboxylic acids is 1. The number of halogens is 3. The quantitative estimate of drug-likeness (QED) is 0.846. The fourth-order valence-electron chi connectivity index (χ4n) is 2.32. The first-order valence-electron chi connectivity index (χ1n) is 6.33. The maximum atomic E-state index is 13.0. The molecule has 1 aromatic rings. The summed E-state index contributed by atoms with van der Waals surface area (Å²) in [5.41, 5.74) is -0.883. The van der Waals surface area contributed by atoms with Gasteiger partial charge in [0.05, 0.1) is 5.56 Å². The largest absolute Gasteiger partial charge is 0.481 e. The average Bonchev–Trinajstić information content (AvgIpc) is 2.60. The number of aliphatic carboxylic acids is 1.